The third-order valence-corrected chi connectivity index (χ3v) is 2.07. The van der Waals surface area contributed by atoms with Crippen molar-refractivity contribution >= 4 is 17.6 Å². The van der Waals surface area contributed by atoms with Crippen LogP contribution in [-0.4, -0.2) is 28.1 Å². The molecule has 6 heteroatoms. The summed E-state index contributed by atoms with van der Waals surface area (Å²) in [6, 6.07) is 1.68. The van der Waals surface area contributed by atoms with Crippen molar-refractivity contribution in [2.24, 2.45) is 12.5 Å². The Hall–Kier alpha value is -1.85. The Morgan fingerprint density at radius 3 is 2.53 bits per heavy atom. The van der Waals surface area contributed by atoms with Crippen LogP contribution in [-0.2, 0) is 16.6 Å². The van der Waals surface area contributed by atoms with Crippen molar-refractivity contribution in [1.29, 1.82) is 0 Å². The van der Waals surface area contributed by atoms with Gasteiger partial charge >= 0.3 is 0 Å². The molecule has 0 atom stereocenters. The van der Waals surface area contributed by atoms with Crippen LogP contribution < -0.4 is 10.6 Å². The molecule has 94 valence electrons. The lowest BCUT2D eigenvalue weighted by Crippen LogP contribution is -2.39. The molecule has 0 bridgehead atoms. The van der Waals surface area contributed by atoms with Gasteiger partial charge < -0.3 is 10.6 Å². The number of nitrogens with zero attached hydrogens (tertiary/aromatic N) is 2. The van der Waals surface area contributed by atoms with Crippen LogP contribution in [0.15, 0.2) is 12.3 Å². The maximum absolute atomic E-state index is 11.5. The van der Waals surface area contributed by atoms with Gasteiger partial charge in [-0.3, -0.25) is 14.3 Å². The number of carbonyl (C=O) groups excluding carboxylic acids is 2. The van der Waals surface area contributed by atoms with E-state index in [1.165, 1.54) is 0 Å². The van der Waals surface area contributed by atoms with E-state index in [9.17, 15) is 9.59 Å². The lowest BCUT2D eigenvalue weighted by Gasteiger charge is -2.17. The molecular formula is C11H18N4O2. The van der Waals surface area contributed by atoms with Crippen LogP contribution in [0.2, 0.25) is 0 Å². The van der Waals surface area contributed by atoms with Crippen molar-refractivity contribution in [3.8, 4) is 0 Å². The van der Waals surface area contributed by atoms with Gasteiger partial charge in [-0.2, -0.15) is 5.10 Å². The minimum Gasteiger partial charge on any atom is -0.347 e. The molecule has 0 radical (unpaired) electrons. The molecule has 0 aliphatic rings. The van der Waals surface area contributed by atoms with Gasteiger partial charge in [-0.1, -0.05) is 20.8 Å². The molecule has 2 amide bonds. The Balaban J connectivity index is 2.39. The first-order valence-corrected chi connectivity index (χ1v) is 5.37. The van der Waals surface area contributed by atoms with Gasteiger partial charge in [0.2, 0.25) is 11.8 Å². The lowest BCUT2D eigenvalue weighted by molar-refractivity contribution is -0.130. The lowest BCUT2D eigenvalue weighted by atomic mass is 9.96. The zero-order valence-corrected chi connectivity index (χ0v) is 10.6. The van der Waals surface area contributed by atoms with Crippen LogP contribution in [0.3, 0.4) is 0 Å². The zero-order chi connectivity index (χ0) is 13.1. The number of aryl methyl sites for hydroxylation is 1. The molecule has 0 spiro atoms. The molecule has 0 saturated heterocycles. The smallest absolute Gasteiger partial charge is 0.244 e. The number of aromatic nitrogens is 2. The number of hydrogen-bond donors (Lipinski definition) is 2. The normalized spacial score (nSPS) is 11.1. The van der Waals surface area contributed by atoms with E-state index in [0.29, 0.717) is 5.82 Å². The highest BCUT2D eigenvalue weighted by molar-refractivity contribution is 5.94. The largest absolute Gasteiger partial charge is 0.347 e. The molecule has 0 fully saturated rings. The molecule has 1 aromatic heterocycles. The maximum Gasteiger partial charge on any atom is 0.244 e. The summed E-state index contributed by atoms with van der Waals surface area (Å²) in [5.74, 6) is 0.0254. The van der Waals surface area contributed by atoms with Crippen molar-refractivity contribution < 1.29 is 9.59 Å². The number of amides is 2. The van der Waals surface area contributed by atoms with Gasteiger partial charge in [0.1, 0.15) is 0 Å². The molecule has 1 heterocycles. The summed E-state index contributed by atoms with van der Waals surface area (Å²) in [4.78, 5) is 23.0. The molecule has 0 unspecified atom stereocenters. The highest BCUT2D eigenvalue weighted by atomic mass is 16.2. The fourth-order valence-electron chi connectivity index (χ4n) is 1.09. The molecule has 2 N–H and O–H groups in total. The first-order valence-electron chi connectivity index (χ1n) is 5.37. The second-order valence-electron chi connectivity index (χ2n) is 4.86. The van der Waals surface area contributed by atoms with Crippen LogP contribution in [0.4, 0.5) is 5.82 Å². The molecule has 0 aliphatic heterocycles. The highest BCUT2D eigenvalue weighted by Gasteiger charge is 2.21. The number of rotatable bonds is 3. The average molecular weight is 238 g/mol. The number of carbonyl (C=O) groups is 2. The van der Waals surface area contributed by atoms with Crippen LogP contribution in [0.5, 0.6) is 0 Å². The van der Waals surface area contributed by atoms with Crippen molar-refractivity contribution in [1.82, 2.24) is 15.1 Å². The van der Waals surface area contributed by atoms with Crippen LogP contribution in [0, 0.1) is 5.41 Å². The van der Waals surface area contributed by atoms with Gasteiger partial charge in [0.15, 0.2) is 5.82 Å². The van der Waals surface area contributed by atoms with Gasteiger partial charge in [0.05, 0.1) is 6.54 Å². The van der Waals surface area contributed by atoms with E-state index in [2.05, 4.69) is 15.7 Å². The molecule has 6 nitrogen and oxygen atoms in total. The standard InChI is InChI=1S/C11H18N4O2/c1-11(2,3)10(17)12-7-9(16)13-8-5-6-15(4)14-8/h5-6H,7H2,1-4H3,(H,12,17)(H,13,14,16). The molecule has 1 aromatic rings. The van der Waals surface area contributed by atoms with Crippen LogP contribution >= 0.6 is 0 Å². The minimum atomic E-state index is -0.495. The van der Waals surface area contributed by atoms with Crippen molar-refractivity contribution in [3.05, 3.63) is 12.3 Å². The Bertz CT molecular complexity index is 417. The maximum atomic E-state index is 11.5. The number of anilines is 1. The van der Waals surface area contributed by atoms with Crippen molar-refractivity contribution in [2.75, 3.05) is 11.9 Å². The molecule has 17 heavy (non-hydrogen) atoms. The molecule has 1 rings (SSSR count). The van der Waals surface area contributed by atoms with E-state index in [1.807, 2.05) is 0 Å². The molecule has 0 saturated carbocycles. The summed E-state index contributed by atoms with van der Waals surface area (Å²) in [5.41, 5.74) is -0.495. The second-order valence-corrected chi connectivity index (χ2v) is 4.86. The second kappa shape index (κ2) is 4.99. The predicted molar refractivity (Wildman–Crippen MR) is 64.3 cm³/mol. The van der Waals surface area contributed by atoms with E-state index in [4.69, 9.17) is 0 Å². The van der Waals surface area contributed by atoms with Gasteiger partial charge in [-0.25, -0.2) is 0 Å². The van der Waals surface area contributed by atoms with Crippen molar-refractivity contribution in [2.45, 2.75) is 20.8 Å². The zero-order valence-electron chi connectivity index (χ0n) is 10.6. The topological polar surface area (TPSA) is 76.0 Å². The fourth-order valence-corrected chi connectivity index (χ4v) is 1.09. The van der Waals surface area contributed by atoms with E-state index in [-0.39, 0.29) is 18.4 Å². The number of nitrogens with one attached hydrogen (secondary N) is 2. The molecule has 0 aliphatic carbocycles. The van der Waals surface area contributed by atoms with Gasteiger partial charge in [-0.15, -0.1) is 0 Å². The number of hydrogen-bond acceptors (Lipinski definition) is 3. The Morgan fingerprint density at radius 1 is 1.41 bits per heavy atom. The highest BCUT2D eigenvalue weighted by Crippen LogP contribution is 2.11. The molecular weight excluding hydrogens is 220 g/mol. The summed E-state index contributed by atoms with van der Waals surface area (Å²) in [7, 11) is 1.76. The van der Waals surface area contributed by atoms with Crippen molar-refractivity contribution in [3.63, 3.8) is 0 Å². The van der Waals surface area contributed by atoms with E-state index >= 15 is 0 Å². The first-order chi connectivity index (χ1) is 7.79. The average Bonchev–Trinajstić information content (AvgIpc) is 2.58. The molecule has 0 aromatic carbocycles. The SMILES string of the molecule is Cn1ccc(NC(=O)CNC(=O)C(C)(C)C)n1. The van der Waals surface area contributed by atoms with E-state index < -0.39 is 5.41 Å². The van der Waals surface area contributed by atoms with Gasteiger partial charge in [0.25, 0.3) is 0 Å². The monoisotopic (exact) mass is 238 g/mol. The van der Waals surface area contributed by atoms with E-state index in [0.717, 1.165) is 0 Å². The summed E-state index contributed by atoms with van der Waals surface area (Å²) in [5, 5.41) is 9.15. The summed E-state index contributed by atoms with van der Waals surface area (Å²) in [6.07, 6.45) is 1.73. The summed E-state index contributed by atoms with van der Waals surface area (Å²) < 4.78 is 1.59. The van der Waals surface area contributed by atoms with Gasteiger partial charge in [-0.05, 0) is 0 Å². The Labute approximate surface area is 100 Å². The predicted octanol–water partition coefficient (Wildman–Crippen LogP) is 0.521. The summed E-state index contributed by atoms with van der Waals surface area (Å²) in [6.45, 7) is 5.32. The fraction of sp³-hybridized carbons (Fsp3) is 0.545. The minimum absolute atomic E-state index is 0.0489. The van der Waals surface area contributed by atoms with Gasteiger partial charge in [0, 0.05) is 24.7 Å². The summed E-state index contributed by atoms with van der Waals surface area (Å²) >= 11 is 0. The third-order valence-electron chi connectivity index (χ3n) is 2.07. The van der Waals surface area contributed by atoms with Crippen LogP contribution in [0.25, 0.3) is 0 Å². The third kappa shape index (κ3) is 4.26. The van der Waals surface area contributed by atoms with Crippen LogP contribution in [0.1, 0.15) is 20.8 Å². The Morgan fingerprint density at radius 2 is 2.06 bits per heavy atom. The first kappa shape index (κ1) is 13.2. The quantitative estimate of drug-likeness (QED) is 0.806. The Kier molecular flexibility index (Phi) is 3.88. The van der Waals surface area contributed by atoms with E-state index in [1.54, 1.807) is 44.8 Å².